The van der Waals surface area contributed by atoms with Crippen LogP contribution >= 0.6 is 0 Å². The average molecular weight is 337 g/mol. The first kappa shape index (κ1) is 16.7. The van der Waals surface area contributed by atoms with Gasteiger partial charge in [-0.05, 0) is 13.0 Å². The second-order valence-electron chi connectivity index (χ2n) is 5.80. The van der Waals surface area contributed by atoms with Crippen molar-refractivity contribution in [1.82, 2.24) is 10.3 Å². The summed E-state index contributed by atoms with van der Waals surface area (Å²) in [4.78, 5) is 27.4. The summed E-state index contributed by atoms with van der Waals surface area (Å²) in [5, 5.41) is 15.1. The minimum absolute atomic E-state index is 0.0195. The Balaban J connectivity index is 1.94. The number of carbonyl (C=O) groups is 2. The summed E-state index contributed by atoms with van der Waals surface area (Å²) < 4.78 is 0. The van der Waals surface area contributed by atoms with Gasteiger partial charge in [-0.1, -0.05) is 48.5 Å². The smallest absolute Gasteiger partial charge is 0.313 e. The van der Waals surface area contributed by atoms with Crippen LogP contribution in [-0.4, -0.2) is 34.6 Å². The number of nitrogens with one attached hydrogen (secondary N) is 3. The van der Waals surface area contributed by atoms with E-state index in [0.717, 1.165) is 22.2 Å². The van der Waals surface area contributed by atoms with Crippen molar-refractivity contribution in [2.75, 3.05) is 11.9 Å². The fraction of sp³-hybridized carbons (Fsp3) is 0.158. The van der Waals surface area contributed by atoms with Crippen molar-refractivity contribution >= 4 is 28.4 Å². The maximum absolute atomic E-state index is 12.2. The fourth-order valence-electron chi connectivity index (χ4n) is 2.58. The molecule has 0 bridgehead atoms. The number of aromatic amines is 1. The lowest BCUT2D eigenvalue weighted by molar-refractivity contribution is -0.136. The second-order valence-corrected chi connectivity index (χ2v) is 5.80. The zero-order chi connectivity index (χ0) is 17.8. The lowest BCUT2D eigenvalue weighted by atomic mass is 10.1. The van der Waals surface area contributed by atoms with Gasteiger partial charge in [0.25, 0.3) is 0 Å². The zero-order valence-electron chi connectivity index (χ0n) is 13.7. The Hall–Kier alpha value is -3.12. The van der Waals surface area contributed by atoms with Gasteiger partial charge in [0.05, 0.1) is 17.5 Å². The molecule has 0 saturated carbocycles. The van der Waals surface area contributed by atoms with Gasteiger partial charge in [0.15, 0.2) is 0 Å². The SMILES string of the molecule is C[C@@H](O)CNC(=O)C(=O)Nc1c(-c2ccccc2)[nH]c2ccccc12. The van der Waals surface area contributed by atoms with E-state index in [-0.39, 0.29) is 6.54 Å². The number of aliphatic hydroxyl groups is 1. The Kier molecular flexibility index (Phi) is 4.81. The van der Waals surface area contributed by atoms with Crippen molar-refractivity contribution in [3.05, 3.63) is 54.6 Å². The van der Waals surface area contributed by atoms with Crippen molar-refractivity contribution in [3.63, 3.8) is 0 Å². The first-order valence-electron chi connectivity index (χ1n) is 7.99. The lowest BCUT2D eigenvalue weighted by Crippen LogP contribution is -2.38. The topological polar surface area (TPSA) is 94.2 Å². The second kappa shape index (κ2) is 7.19. The molecule has 1 atom stereocenters. The van der Waals surface area contributed by atoms with Gasteiger partial charge >= 0.3 is 11.8 Å². The van der Waals surface area contributed by atoms with E-state index in [0.29, 0.717) is 5.69 Å². The highest BCUT2D eigenvalue weighted by atomic mass is 16.3. The standard InChI is InChI=1S/C19H19N3O3/c1-12(23)11-20-18(24)19(25)22-17-14-9-5-6-10-15(14)21-16(17)13-7-3-2-4-8-13/h2-10,12,21,23H,11H2,1H3,(H,20,24)(H,22,25)/t12-/m1/s1. The highest BCUT2D eigenvalue weighted by Gasteiger charge is 2.19. The van der Waals surface area contributed by atoms with Crippen molar-refractivity contribution in [1.29, 1.82) is 0 Å². The van der Waals surface area contributed by atoms with Crippen LogP contribution in [0.25, 0.3) is 22.2 Å². The van der Waals surface area contributed by atoms with Crippen LogP contribution in [0.15, 0.2) is 54.6 Å². The van der Waals surface area contributed by atoms with Gasteiger partial charge in [-0.3, -0.25) is 9.59 Å². The number of H-pyrrole nitrogens is 1. The third kappa shape index (κ3) is 3.70. The van der Waals surface area contributed by atoms with E-state index in [1.165, 1.54) is 6.92 Å². The van der Waals surface area contributed by atoms with E-state index < -0.39 is 17.9 Å². The van der Waals surface area contributed by atoms with Crippen molar-refractivity contribution < 1.29 is 14.7 Å². The summed E-state index contributed by atoms with van der Waals surface area (Å²) in [5.74, 6) is -1.56. The van der Waals surface area contributed by atoms with Crippen LogP contribution in [0.3, 0.4) is 0 Å². The number of carbonyl (C=O) groups excluding carboxylic acids is 2. The molecule has 2 aromatic carbocycles. The third-order valence-electron chi connectivity index (χ3n) is 3.77. The summed E-state index contributed by atoms with van der Waals surface area (Å²) in [7, 11) is 0. The third-order valence-corrected chi connectivity index (χ3v) is 3.77. The minimum Gasteiger partial charge on any atom is -0.392 e. The number of aromatic nitrogens is 1. The summed E-state index contributed by atoms with van der Waals surface area (Å²) in [6, 6.07) is 17.1. The molecule has 2 amide bonds. The molecule has 0 saturated heterocycles. The van der Waals surface area contributed by atoms with E-state index in [9.17, 15) is 14.7 Å². The van der Waals surface area contributed by atoms with E-state index in [1.807, 2.05) is 54.6 Å². The maximum atomic E-state index is 12.2. The molecule has 1 aromatic heterocycles. The number of aliphatic hydroxyl groups excluding tert-OH is 1. The van der Waals surface area contributed by atoms with Crippen LogP contribution in [0, 0.1) is 0 Å². The first-order chi connectivity index (χ1) is 12.1. The highest BCUT2D eigenvalue weighted by Crippen LogP contribution is 2.34. The number of para-hydroxylation sites is 1. The predicted octanol–water partition coefficient (Wildman–Crippen LogP) is 2.27. The number of hydrogen-bond donors (Lipinski definition) is 4. The summed E-state index contributed by atoms with van der Waals surface area (Å²) in [6.45, 7) is 1.55. The van der Waals surface area contributed by atoms with Crippen molar-refractivity contribution in [2.24, 2.45) is 0 Å². The molecule has 0 aliphatic carbocycles. The predicted molar refractivity (Wildman–Crippen MR) is 97.1 cm³/mol. The van der Waals surface area contributed by atoms with Gasteiger partial charge < -0.3 is 20.7 Å². The van der Waals surface area contributed by atoms with Gasteiger partial charge in [-0.25, -0.2) is 0 Å². The number of benzene rings is 2. The largest absolute Gasteiger partial charge is 0.392 e. The Morgan fingerprint density at radius 1 is 1.04 bits per heavy atom. The van der Waals surface area contributed by atoms with Gasteiger partial charge in [-0.2, -0.15) is 0 Å². The first-order valence-corrected chi connectivity index (χ1v) is 7.99. The van der Waals surface area contributed by atoms with Crippen LogP contribution in [0.4, 0.5) is 5.69 Å². The quantitative estimate of drug-likeness (QED) is 0.550. The number of anilines is 1. The molecule has 6 heteroatoms. The molecular weight excluding hydrogens is 318 g/mol. The van der Waals surface area contributed by atoms with Gasteiger partial charge in [0.1, 0.15) is 0 Å². The zero-order valence-corrected chi connectivity index (χ0v) is 13.7. The molecule has 6 nitrogen and oxygen atoms in total. The number of hydrogen-bond acceptors (Lipinski definition) is 3. The molecular formula is C19H19N3O3. The molecule has 25 heavy (non-hydrogen) atoms. The molecule has 0 aliphatic rings. The van der Waals surface area contributed by atoms with Crippen LogP contribution in [-0.2, 0) is 9.59 Å². The Labute approximate surface area is 144 Å². The summed E-state index contributed by atoms with van der Waals surface area (Å²) >= 11 is 0. The summed E-state index contributed by atoms with van der Waals surface area (Å²) in [6.07, 6.45) is -0.718. The van der Waals surface area contributed by atoms with E-state index in [1.54, 1.807) is 0 Å². The summed E-state index contributed by atoms with van der Waals surface area (Å²) in [5.41, 5.74) is 3.05. The number of amides is 2. The molecule has 3 aromatic rings. The molecule has 0 aliphatic heterocycles. The average Bonchev–Trinajstić information content (AvgIpc) is 2.99. The van der Waals surface area contributed by atoms with Gasteiger partial charge in [0, 0.05) is 23.0 Å². The normalized spacial score (nSPS) is 11.9. The molecule has 0 spiro atoms. The monoisotopic (exact) mass is 337 g/mol. The van der Waals surface area contributed by atoms with E-state index >= 15 is 0 Å². The molecule has 1 heterocycles. The fourth-order valence-corrected chi connectivity index (χ4v) is 2.58. The van der Waals surface area contributed by atoms with E-state index in [4.69, 9.17) is 0 Å². The lowest BCUT2D eigenvalue weighted by Gasteiger charge is -2.09. The van der Waals surface area contributed by atoms with E-state index in [2.05, 4.69) is 15.6 Å². The molecule has 4 N–H and O–H groups in total. The van der Waals surface area contributed by atoms with Gasteiger partial charge in [0.2, 0.25) is 0 Å². The molecule has 0 unspecified atom stereocenters. The Bertz CT molecular complexity index is 901. The van der Waals surface area contributed by atoms with Crippen molar-refractivity contribution in [2.45, 2.75) is 13.0 Å². The van der Waals surface area contributed by atoms with Crippen LogP contribution in [0.2, 0.25) is 0 Å². The van der Waals surface area contributed by atoms with Crippen molar-refractivity contribution in [3.8, 4) is 11.3 Å². The molecule has 3 rings (SSSR count). The van der Waals surface area contributed by atoms with Gasteiger partial charge in [-0.15, -0.1) is 0 Å². The number of fused-ring (bicyclic) bond motifs is 1. The van der Waals surface area contributed by atoms with Crippen LogP contribution in [0.5, 0.6) is 0 Å². The minimum atomic E-state index is -0.787. The maximum Gasteiger partial charge on any atom is 0.313 e. The Morgan fingerprint density at radius 2 is 1.72 bits per heavy atom. The highest BCUT2D eigenvalue weighted by molar-refractivity contribution is 6.40. The number of rotatable bonds is 4. The Morgan fingerprint density at radius 3 is 2.44 bits per heavy atom. The molecule has 128 valence electrons. The van der Waals surface area contributed by atoms with Crippen LogP contribution < -0.4 is 10.6 Å². The molecule has 0 fully saturated rings. The molecule has 0 radical (unpaired) electrons. The van der Waals surface area contributed by atoms with Crippen LogP contribution in [0.1, 0.15) is 6.92 Å².